The summed E-state index contributed by atoms with van der Waals surface area (Å²) >= 11 is 3.50. The quantitative estimate of drug-likeness (QED) is 0.859. The molecular weight excluding hydrogens is 294 g/mol. The number of benzene rings is 1. The fourth-order valence-corrected chi connectivity index (χ4v) is 2.72. The molecule has 0 radical (unpaired) electrons. The maximum Gasteiger partial charge on any atom is 0.254 e. The number of amides is 1. The third kappa shape index (κ3) is 2.75. The van der Waals surface area contributed by atoms with Crippen LogP contribution in [0.15, 0.2) is 28.7 Å². The van der Waals surface area contributed by atoms with E-state index in [1.54, 1.807) is 4.90 Å². The Morgan fingerprint density at radius 1 is 1.50 bits per heavy atom. The third-order valence-corrected chi connectivity index (χ3v) is 4.16. The second kappa shape index (κ2) is 5.41. The first-order chi connectivity index (χ1) is 8.53. The molecular formula is C14H18BrNO2. The monoisotopic (exact) mass is 311 g/mol. The van der Waals surface area contributed by atoms with Crippen molar-refractivity contribution >= 4 is 21.8 Å². The molecule has 2 rings (SSSR count). The molecule has 0 spiro atoms. The number of nitrogens with zero attached hydrogens (tertiary/aromatic N) is 1. The molecule has 4 heteroatoms. The van der Waals surface area contributed by atoms with E-state index in [9.17, 15) is 4.79 Å². The molecule has 1 aliphatic heterocycles. The summed E-state index contributed by atoms with van der Waals surface area (Å²) in [6.07, 6.45) is 1.78. The highest BCUT2D eigenvalue weighted by atomic mass is 79.9. The summed E-state index contributed by atoms with van der Waals surface area (Å²) in [5.41, 5.74) is 0.477. The van der Waals surface area contributed by atoms with Gasteiger partial charge in [-0.3, -0.25) is 4.79 Å². The van der Waals surface area contributed by atoms with E-state index in [4.69, 9.17) is 4.74 Å². The first-order valence-electron chi connectivity index (χ1n) is 6.16. The molecule has 0 bridgehead atoms. The van der Waals surface area contributed by atoms with Crippen LogP contribution >= 0.6 is 15.9 Å². The molecule has 0 N–H and O–H groups in total. The SMILES string of the molecule is CN(Cc1ccccc1Br)C(=O)C1(C)CCCO1. The molecule has 0 aromatic heterocycles. The van der Waals surface area contributed by atoms with Crippen molar-refractivity contribution in [2.45, 2.75) is 31.9 Å². The van der Waals surface area contributed by atoms with Crippen LogP contribution in [0.3, 0.4) is 0 Å². The molecule has 1 aromatic carbocycles. The lowest BCUT2D eigenvalue weighted by Gasteiger charge is -2.28. The van der Waals surface area contributed by atoms with Crippen LogP contribution < -0.4 is 0 Å². The minimum Gasteiger partial charge on any atom is -0.365 e. The van der Waals surface area contributed by atoms with E-state index in [1.165, 1.54) is 0 Å². The Morgan fingerprint density at radius 3 is 2.83 bits per heavy atom. The molecule has 1 amide bonds. The van der Waals surface area contributed by atoms with Gasteiger partial charge in [0.05, 0.1) is 0 Å². The van der Waals surface area contributed by atoms with Crippen LogP contribution in [0.25, 0.3) is 0 Å². The van der Waals surface area contributed by atoms with E-state index in [0.29, 0.717) is 13.2 Å². The molecule has 18 heavy (non-hydrogen) atoms. The van der Waals surface area contributed by atoms with E-state index >= 15 is 0 Å². The smallest absolute Gasteiger partial charge is 0.254 e. The normalized spacial score (nSPS) is 23.1. The number of hydrogen-bond donors (Lipinski definition) is 0. The maximum atomic E-state index is 12.4. The van der Waals surface area contributed by atoms with Crippen molar-refractivity contribution < 1.29 is 9.53 Å². The Bertz CT molecular complexity index is 441. The number of carbonyl (C=O) groups is 1. The molecule has 1 aromatic rings. The summed E-state index contributed by atoms with van der Waals surface area (Å²) in [5.74, 6) is 0.0655. The Hall–Kier alpha value is -0.870. The van der Waals surface area contributed by atoms with Gasteiger partial charge >= 0.3 is 0 Å². The highest BCUT2D eigenvalue weighted by molar-refractivity contribution is 9.10. The maximum absolute atomic E-state index is 12.4. The predicted molar refractivity (Wildman–Crippen MR) is 74.2 cm³/mol. The van der Waals surface area contributed by atoms with Crippen LogP contribution in [0.2, 0.25) is 0 Å². The molecule has 0 saturated carbocycles. The average Bonchev–Trinajstić information content (AvgIpc) is 2.79. The van der Waals surface area contributed by atoms with Gasteiger partial charge in [-0.05, 0) is 31.4 Å². The van der Waals surface area contributed by atoms with Gasteiger partial charge in [0, 0.05) is 24.7 Å². The number of halogens is 1. The summed E-state index contributed by atoms with van der Waals surface area (Å²) in [4.78, 5) is 14.1. The van der Waals surface area contributed by atoms with E-state index in [-0.39, 0.29) is 5.91 Å². The first-order valence-corrected chi connectivity index (χ1v) is 6.95. The van der Waals surface area contributed by atoms with Gasteiger partial charge in [-0.2, -0.15) is 0 Å². The fourth-order valence-electron chi connectivity index (χ4n) is 2.31. The van der Waals surface area contributed by atoms with Gasteiger partial charge < -0.3 is 9.64 Å². The zero-order valence-corrected chi connectivity index (χ0v) is 12.4. The van der Waals surface area contributed by atoms with E-state index in [2.05, 4.69) is 15.9 Å². The summed E-state index contributed by atoms with van der Waals surface area (Å²) < 4.78 is 6.62. The van der Waals surface area contributed by atoms with Crippen LogP contribution in [0.1, 0.15) is 25.3 Å². The lowest BCUT2D eigenvalue weighted by Crippen LogP contribution is -2.44. The Labute approximate surface area is 116 Å². The molecule has 1 aliphatic rings. The largest absolute Gasteiger partial charge is 0.365 e. The van der Waals surface area contributed by atoms with Crippen molar-refractivity contribution in [3.05, 3.63) is 34.3 Å². The summed E-state index contributed by atoms with van der Waals surface area (Å²) in [5, 5.41) is 0. The summed E-state index contributed by atoms with van der Waals surface area (Å²) in [7, 11) is 1.83. The molecule has 0 aliphatic carbocycles. The van der Waals surface area contributed by atoms with Gasteiger partial charge in [-0.15, -0.1) is 0 Å². The van der Waals surface area contributed by atoms with Crippen molar-refractivity contribution in [2.24, 2.45) is 0 Å². The molecule has 1 heterocycles. The van der Waals surface area contributed by atoms with Gasteiger partial charge in [0.25, 0.3) is 5.91 Å². The van der Waals surface area contributed by atoms with Gasteiger partial charge in [-0.25, -0.2) is 0 Å². The van der Waals surface area contributed by atoms with Crippen molar-refractivity contribution in [3.63, 3.8) is 0 Å². The van der Waals surface area contributed by atoms with Crippen LogP contribution in [-0.2, 0) is 16.1 Å². The average molecular weight is 312 g/mol. The van der Waals surface area contributed by atoms with Crippen molar-refractivity contribution in [1.82, 2.24) is 4.90 Å². The standard InChI is InChI=1S/C14H18BrNO2/c1-14(8-5-9-18-14)13(17)16(2)10-11-6-3-4-7-12(11)15/h3-4,6-7H,5,8-10H2,1-2H3. The number of hydrogen-bond acceptors (Lipinski definition) is 2. The Kier molecular flexibility index (Phi) is 4.07. The van der Waals surface area contributed by atoms with Crippen LogP contribution in [-0.4, -0.2) is 30.1 Å². The summed E-state index contributed by atoms with van der Waals surface area (Å²) in [6, 6.07) is 7.95. The van der Waals surface area contributed by atoms with Crippen LogP contribution in [0.4, 0.5) is 0 Å². The molecule has 1 fully saturated rings. The number of likely N-dealkylation sites (N-methyl/N-ethyl adjacent to an activating group) is 1. The minimum absolute atomic E-state index is 0.0655. The zero-order chi connectivity index (χ0) is 13.2. The topological polar surface area (TPSA) is 29.5 Å². The van der Waals surface area contributed by atoms with Crippen molar-refractivity contribution in [2.75, 3.05) is 13.7 Å². The lowest BCUT2D eigenvalue weighted by molar-refractivity contribution is -0.150. The van der Waals surface area contributed by atoms with E-state index < -0.39 is 5.60 Å². The molecule has 1 atom stereocenters. The number of ether oxygens (including phenoxy) is 1. The van der Waals surface area contributed by atoms with Crippen molar-refractivity contribution in [3.8, 4) is 0 Å². The highest BCUT2D eigenvalue weighted by Gasteiger charge is 2.39. The number of carbonyl (C=O) groups excluding carboxylic acids is 1. The van der Waals surface area contributed by atoms with Crippen LogP contribution in [0, 0.1) is 0 Å². The minimum atomic E-state index is -0.629. The van der Waals surface area contributed by atoms with Crippen molar-refractivity contribution in [1.29, 1.82) is 0 Å². The van der Waals surface area contributed by atoms with E-state index in [1.807, 2.05) is 38.2 Å². The summed E-state index contributed by atoms with van der Waals surface area (Å²) in [6.45, 7) is 3.17. The lowest BCUT2D eigenvalue weighted by atomic mass is 10.0. The Morgan fingerprint density at radius 2 is 2.22 bits per heavy atom. The zero-order valence-electron chi connectivity index (χ0n) is 10.8. The first kappa shape index (κ1) is 13.6. The Balaban J connectivity index is 2.06. The second-order valence-corrected chi connectivity index (χ2v) is 5.79. The van der Waals surface area contributed by atoms with Gasteiger partial charge in [0.2, 0.25) is 0 Å². The second-order valence-electron chi connectivity index (χ2n) is 4.94. The van der Waals surface area contributed by atoms with E-state index in [0.717, 1.165) is 22.9 Å². The highest BCUT2D eigenvalue weighted by Crippen LogP contribution is 2.28. The van der Waals surface area contributed by atoms with Gasteiger partial charge in [0.15, 0.2) is 0 Å². The van der Waals surface area contributed by atoms with Gasteiger partial charge in [-0.1, -0.05) is 34.1 Å². The third-order valence-electron chi connectivity index (χ3n) is 3.38. The van der Waals surface area contributed by atoms with Gasteiger partial charge in [0.1, 0.15) is 5.60 Å². The molecule has 1 unspecified atom stereocenters. The molecule has 1 saturated heterocycles. The molecule has 3 nitrogen and oxygen atoms in total. The molecule has 98 valence electrons. The number of rotatable bonds is 3. The van der Waals surface area contributed by atoms with Crippen LogP contribution in [0.5, 0.6) is 0 Å². The fraction of sp³-hybridized carbons (Fsp3) is 0.500. The predicted octanol–water partition coefficient (Wildman–Crippen LogP) is 2.98.